The Morgan fingerprint density at radius 3 is 2.48 bits per heavy atom. The Kier molecular flexibility index (Phi) is 6.84. The highest BCUT2D eigenvalue weighted by Gasteiger charge is 2.24. The summed E-state index contributed by atoms with van der Waals surface area (Å²) in [7, 11) is 1.82. The molecule has 1 atom stereocenters. The van der Waals surface area contributed by atoms with Crippen LogP contribution >= 0.6 is 0 Å². The van der Waals surface area contributed by atoms with Gasteiger partial charge >= 0.3 is 0 Å². The fourth-order valence-corrected chi connectivity index (χ4v) is 1.99. The van der Waals surface area contributed by atoms with Crippen molar-refractivity contribution in [2.75, 3.05) is 30.9 Å². The second kappa shape index (κ2) is 8.14. The Labute approximate surface area is 127 Å². The highest BCUT2D eigenvalue weighted by atomic mass is 16.5. The molecule has 6 nitrogen and oxygen atoms in total. The number of aliphatic hydroxyl groups excluding tert-OH is 1. The van der Waals surface area contributed by atoms with Gasteiger partial charge in [0.15, 0.2) is 5.82 Å². The third-order valence-electron chi connectivity index (χ3n) is 3.25. The summed E-state index contributed by atoms with van der Waals surface area (Å²) >= 11 is 0. The minimum atomic E-state index is 0.0214. The molecule has 1 unspecified atom stereocenters. The summed E-state index contributed by atoms with van der Waals surface area (Å²) in [6.45, 7) is 9.53. The van der Waals surface area contributed by atoms with Crippen molar-refractivity contribution >= 4 is 11.6 Å². The fourth-order valence-electron chi connectivity index (χ4n) is 1.99. The number of rotatable bonds is 8. The summed E-state index contributed by atoms with van der Waals surface area (Å²) in [5.74, 6) is 2.14. The van der Waals surface area contributed by atoms with Crippen LogP contribution in [0.25, 0.3) is 0 Å². The maximum absolute atomic E-state index is 9.24. The zero-order chi connectivity index (χ0) is 15.9. The SMILES string of the molecule is CCOCc1nc(NC)cc(NC(CCO)C(C)(C)C)n1. The number of ether oxygens (including phenoxy) is 1. The van der Waals surface area contributed by atoms with Crippen LogP contribution in [-0.4, -0.2) is 41.4 Å². The van der Waals surface area contributed by atoms with Gasteiger partial charge in [0.1, 0.15) is 18.2 Å². The van der Waals surface area contributed by atoms with Gasteiger partial charge in [0.25, 0.3) is 0 Å². The van der Waals surface area contributed by atoms with Crippen molar-refractivity contribution in [3.63, 3.8) is 0 Å². The molecule has 21 heavy (non-hydrogen) atoms. The molecule has 0 fully saturated rings. The normalized spacial score (nSPS) is 13.0. The summed E-state index contributed by atoms with van der Waals surface area (Å²) in [4.78, 5) is 8.85. The molecule has 120 valence electrons. The van der Waals surface area contributed by atoms with Crippen LogP contribution in [0.5, 0.6) is 0 Å². The Bertz CT molecular complexity index is 432. The number of aliphatic hydroxyl groups is 1. The van der Waals surface area contributed by atoms with E-state index in [2.05, 4.69) is 41.4 Å². The molecule has 0 spiro atoms. The largest absolute Gasteiger partial charge is 0.396 e. The molecule has 1 aromatic rings. The van der Waals surface area contributed by atoms with E-state index in [1.165, 1.54) is 0 Å². The molecule has 1 aromatic heterocycles. The lowest BCUT2D eigenvalue weighted by molar-refractivity contribution is 0.128. The second-order valence-corrected chi connectivity index (χ2v) is 6.02. The zero-order valence-corrected chi connectivity index (χ0v) is 13.7. The molecular weight excluding hydrogens is 268 g/mol. The topological polar surface area (TPSA) is 79.3 Å². The molecule has 0 saturated heterocycles. The van der Waals surface area contributed by atoms with Crippen LogP contribution in [0.4, 0.5) is 11.6 Å². The predicted octanol–water partition coefficient (Wildman–Crippen LogP) is 2.26. The fraction of sp³-hybridized carbons (Fsp3) is 0.733. The van der Waals surface area contributed by atoms with Gasteiger partial charge < -0.3 is 20.5 Å². The van der Waals surface area contributed by atoms with E-state index >= 15 is 0 Å². The minimum Gasteiger partial charge on any atom is -0.396 e. The molecule has 0 aliphatic heterocycles. The van der Waals surface area contributed by atoms with E-state index in [4.69, 9.17) is 4.74 Å². The zero-order valence-electron chi connectivity index (χ0n) is 13.7. The summed E-state index contributed by atoms with van der Waals surface area (Å²) in [6.07, 6.45) is 0.670. The van der Waals surface area contributed by atoms with Crippen LogP contribution in [0.3, 0.4) is 0 Å². The van der Waals surface area contributed by atoms with Crippen LogP contribution in [0.1, 0.15) is 39.9 Å². The third-order valence-corrected chi connectivity index (χ3v) is 3.25. The number of hydrogen-bond acceptors (Lipinski definition) is 6. The summed E-state index contributed by atoms with van der Waals surface area (Å²) < 4.78 is 5.37. The highest BCUT2D eigenvalue weighted by Crippen LogP contribution is 2.25. The average molecular weight is 296 g/mol. The molecule has 0 aromatic carbocycles. The molecule has 3 N–H and O–H groups in total. The van der Waals surface area contributed by atoms with E-state index in [0.717, 1.165) is 11.6 Å². The van der Waals surface area contributed by atoms with Crippen molar-refractivity contribution < 1.29 is 9.84 Å². The third kappa shape index (κ3) is 5.85. The van der Waals surface area contributed by atoms with Crippen LogP contribution in [-0.2, 0) is 11.3 Å². The molecule has 0 aliphatic carbocycles. The molecule has 1 heterocycles. The predicted molar refractivity (Wildman–Crippen MR) is 85.5 cm³/mol. The highest BCUT2D eigenvalue weighted by molar-refractivity contribution is 5.48. The lowest BCUT2D eigenvalue weighted by Gasteiger charge is -2.31. The van der Waals surface area contributed by atoms with Crippen molar-refractivity contribution in [3.05, 3.63) is 11.9 Å². The first kappa shape index (κ1) is 17.7. The van der Waals surface area contributed by atoms with Crippen LogP contribution in [0, 0.1) is 5.41 Å². The summed E-state index contributed by atoms with van der Waals surface area (Å²) in [5.41, 5.74) is 0.0214. The first-order chi connectivity index (χ1) is 9.90. The van der Waals surface area contributed by atoms with Crippen molar-refractivity contribution in [2.45, 2.75) is 46.8 Å². The van der Waals surface area contributed by atoms with Crippen LogP contribution in [0.2, 0.25) is 0 Å². The monoisotopic (exact) mass is 296 g/mol. The standard InChI is InChI=1S/C15H28N4O2/c1-6-21-10-14-18-12(16-5)9-13(19-14)17-11(7-8-20)15(2,3)4/h9,11,20H,6-8,10H2,1-5H3,(H2,16,17,18,19). The number of hydrogen-bond donors (Lipinski definition) is 3. The Morgan fingerprint density at radius 1 is 1.29 bits per heavy atom. The van der Waals surface area contributed by atoms with E-state index in [9.17, 15) is 5.11 Å². The molecule has 0 aliphatic rings. The number of aromatic nitrogens is 2. The smallest absolute Gasteiger partial charge is 0.158 e. The molecule has 0 bridgehead atoms. The second-order valence-electron chi connectivity index (χ2n) is 6.02. The molecule has 0 radical (unpaired) electrons. The Hall–Kier alpha value is -1.40. The molecule has 1 rings (SSSR count). The van der Waals surface area contributed by atoms with Gasteiger partial charge in [-0.15, -0.1) is 0 Å². The van der Waals surface area contributed by atoms with E-state index in [-0.39, 0.29) is 18.1 Å². The van der Waals surface area contributed by atoms with Gasteiger partial charge in [-0.1, -0.05) is 20.8 Å². The van der Waals surface area contributed by atoms with E-state index in [1.54, 1.807) is 0 Å². The Morgan fingerprint density at radius 2 is 1.95 bits per heavy atom. The van der Waals surface area contributed by atoms with Gasteiger partial charge in [-0.25, -0.2) is 9.97 Å². The van der Waals surface area contributed by atoms with Gasteiger partial charge in [0.2, 0.25) is 0 Å². The Balaban J connectivity index is 2.93. The minimum absolute atomic E-state index is 0.0214. The number of anilines is 2. The quantitative estimate of drug-likeness (QED) is 0.683. The van der Waals surface area contributed by atoms with E-state index < -0.39 is 0 Å². The first-order valence-electron chi connectivity index (χ1n) is 7.41. The van der Waals surface area contributed by atoms with Gasteiger partial charge in [-0.2, -0.15) is 0 Å². The molecule has 6 heteroatoms. The molecular formula is C15H28N4O2. The lowest BCUT2D eigenvalue weighted by Crippen LogP contribution is -2.35. The van der Waals surface area contributed by atoms with Crippen LogP contribution in [0.15, 0.2) is 6.07 Å². The molecule has 0 saturated carbocycles. The van der Waals surface area contributed by atoms with Gasteiger partial charge in [0.05, 0.1) is 0 Å². The van der Waals surface area contributed by atoms with Crippen molar-refractivity contribution in [1.82, 2.24) is 9.97 Å². The lowest BCUT2D eigenvalue weighted by atomic mass is 9.85. The average Bonchev–Trinajstić information content (AvgIpc) is 2.43. The summed E-state index contributed by atoms with van der Waals surface area (Å²) in [5, 5.41) is 15.7. The summed E-state index contributed by atoms with van der Waals surface area (Å²) in [6, 6.07) is 1.99. The first-order valence-corrected chi connectivity index (χ1v) is 7.41. The maximum Gasteiger partial charge on any atom is 0.158 e. The van der Waals surface area contributed by atoms with E-state index in [1.807, 2.05) is 20.0 Å². The van der Waals surface area contributed by atoms with Crippen molar-refractivity contribution in [1.29, 1.82) is 0 Å². The van der Waals surface area contributed by atoms with Gasteiger partial charge in [-0.3, -0.25) is 0 Å². The molecule has 0 amide bonds. The van der Waals surface area contributed by atoms with E-state index in [0.29, 0.717) is 25.5 Å². The van der Waals surface area contributed by atoms with Crippen molar-refractivity contribution in [3.8, 4) is 0 Å². The number of nitrogens with zero attached hydrogens (tertiary/aromatic N) is 2. The van der Waals surface area contributed by atoms with Crippen molar-refractivity contribution in [2.24, 2.45) is 5.41 Å². The number of nitrogens with one attached hydrogen (secondary N) is 2. The maximum atomic E-state index is 9.24. The van der Waals surface area contributed by atoms with Gasteiger partial charge in [0, 0.05) is 32.4 Å². The van der Waals surface area contributed by atoms with Gasteiger partial charge in [-0.05, 0) is 18.8 Å². The van der Waals surface area contributed by atoms with Crippen LogP contribution < -0.4 is 10.6 Å².